The topological polar surface area (TPSA) is 99.2 Å². The van der Waals surface area contributed by atoms with Crippen molar-refractivity contribution in [3.63, 3.8) is 0 Å². The van der Waals surface area contributed by atoms with E-state index in [0.29, 0.717) is 45.5 Å². The first kappa shape index (κ1) is 38.0. The van der Waals surface area contributed by atoms with E-state index in [0.717, 1.165) is 82.9 Å². The highest BCUT2D eigenvalue weighted by Crippen LogP contribution is 2.33. The molecule has 1 aromatic carbocycles. The first-order chi connectivity index (χ1) is 22.4. The monoisotopic (exact) mass is 678 g/mol. The smallest absolute Gasteiger partial charge is 0.385 e. The van der Waals surface area contributed by atoms with E-state index < -0.39 is 11.7 Å². The zero-order chi connectivity index (χ0) is 34.6. The number of hydrogen-bond donors (Lipinski definition) is 2. The van der Waals surface area contributed by atoms with Crippen molar-refractivity contribution >= 4 is 41.5 Å². The number of carbonyl (C=O) groups excluding carboxylic acids is 2. The van der Waals surface area contributed by atoms with Crippen LogP contribution in [0.1, 0.15) is 61.5 Å². The maximum absolute atomic E-state index is 13.1. The van der Waals surface area contributed by atoms with Crippen molar-refractivity contribution < 1.29 is 27.5 Å². The number of ether oxygens (including phenoxy) is 1. The number of pyridine rings is 1. The number of aldehydes is 2. The number of alkyl halides is 3. The molecule has 2 N–H and O–H groups in total. The fourth-order valence-electron chi connectivity index (χ4n) is 5.73. The Morgan fingerprint density at radius 1 is 1.17 bits per heavy atom. The predicted octanol–water partition coefficient (Wildman–Crippen LogP) is 5.94. The number of amidine groups is 1. The van der Waals surface area contributed by atoms with E-state index in [-0.39, 0.29) is 5.92 Å². The molecular weight excluding hydrogens is 633 g/mol. The van der Waals surface area contributed by atoms with Gasteiger partial charge in [-0.2, -0.15) is 13.2 Å². The van der Waals surface area contributed by atoms with Crippen LogP contribution in [0.25, 0.3) is 5.70 Å². The number of carbonyl (C=O) groups is 2. The van der Waals surface area contributed by atoms with Crippen LogP contribution in [0.3, 0.4) is 0 Å². The number of allylic oxidation sites excluding steroid dienone is 1. The van der Waals surface area contributed by atoms with Crippen molar-refractivity contribution in [3.8, 4) is 0 Å². The standard InChI is InChI=1S/C19H25F3N4.C12H13ClN2O2.C3H8O/c1-12(26-10-15-7-8-24-17(15)11-26)18(25-13(2)23-3)14-5-4-6-16(9-14)19(20,21)22;13-11-5-10(8-17)6-14-12(11)15-3-1-9(7-16)2-4-15;1-3-4-2/h4-6,9,15,17,24H,7-8,10-11H2,1-3H3,(H,23,25);5-9H,1-4H2;3H2,1-2H3/b18-12+;;. The summed E-state index contributed by atoms with van der Waals surface area (Å²) in [5.74, 6) is 2.11. The highest BCUT2D eigenvalue weighted by atomic mass is 35.5. The van der Waals surface area contributed by atoms with Crippen molar-refractivity contribution in [1.29, 1.82) is 0 Å². The van der Waals surface area contributed by atoms with Gasteiger partial charge in [-0.05, 0) is 70.7 Å². The minimum atomic E-state index is -4.36. The number of rotatable bonds is 7. The van der Waals surface area contributed by atoms with Crippen LogP contribution in [0, 0.1) is 11.8 Å². The predicted molar refractivity (Wildman–Crippen MR) is 181 cm³/mol. The van der Waals surface area contributed by atoms with Crippen molar-refractivity contribution in [1.82, 2.24) is 20.5 Å². The molecule has 9 nitrogen and oxygen atoms in total. The highest BCUT2D eigenvalue weighted by Gasteiger charge is 2.37. The second-order valence-corrected chi connectivity index (χ2v) is 12.1. The van der Waals surface area contributed by atoms with Crippen molar-refractivity contribution in [2.24, 2.45) is 16.8 Å². The molecular formula is C34H46ClF3N6O3. The minimum Gasteiger partial charge on any atom is -0.385 e. The molecule has 13 heteroatoms. The summed E-state index contributed by atoms with van der Waals surface area (Å²) >= 11 is 6.08. The van der Waals surface area contributed by atoms with Gasteiger partial charge in [0.1, 0.15) is 12.1 Å². The minimum absolute atomic E-state index is 0.152. The number of nitrogens with zero attached hydrogens (tertiary/aromatic N) is 4. The van der Waals surface area contributed by atoms with E-state index >= 15 is 0 Å². The number of aliphatic imine (C=N–C) groups is 1. The number of likely N-dealkylation sites (tertiary alicyclic amines) is 1. The summed E-state index contributed by atoms with van der Waals surface area (Å²) in [5.41, 5.74) is 1.97. The summed E-state index contributed by atoms with van der Waals surface area (Å²) in [7, 11) is 3.34. The van der Waals surface area contributed by atoms with Gasteiger partial charge in [0.25, 0.3) is 0 Å². The number of benzene rings is 1. The van der Waals surface area contributed by atoms with Gasteiger partial charge >= 0.3 is 6.18 Å². The Labute approximate surface area is 280 Å². The summed E-state index contributed by atoms with van der Waals surface area (Å²) in [6.45, 7) is 11.0. The molecule has 2 unspecified atom stereocenters. The Morgan fingerprint density at radius 3 is 2.43 bits per heavy atom. The third-order valence-electron chi connectivity index (χ3n) is 8.62. The molecule has 3 saturated heterocycles. The Kier molecular flexibility index (Phi) is 14.7. The number of fused-ring (bicyclic) bond motifs is 1. The fourth-order valence-corrected chi connectivity index (χ4v) is 6.02. The maximum atomic E-state index is 13.1. The number of nitrogens with one attached hydrogen (secondary N) is 2. The van der Waals surface area contributed by atoms with Gasteiger partial charge in [0, 0.05) is 81.9 Å². The molecule has 0 bridgehead atoms. The van der Waals surface area contributed by atoms with Gasteiger partial charge in [0.15, 0.2) is 6.29 Å². The molecule has 0 spiro atoms. The molecule has 3 aliphatic rings. The van der Waals surface area contributed by atoms with E-state index in [9.17, 15) is 22.8 Å². The van der Waals surface area contributed by atoms with Crippen LogP contribution >= 0.6 is 11.6 Å². The number of hydrogen-bond acceptors (Lipinski definition) is 8. The van der Waals surface area contributed by atoms with Crippen molar-refractivity contribution in [2.75, 3.05) is 58.4 Å². The highest BCUT2D eigenvalue weighted by molar-refractivity contribution is 6.33. The van der Waals surface area contributed by atoms with Gasteiger partial charge in [-0.1, -0.05) is 23.7 Å². The van der Waals surface area contributed by atoms with Gasteiger partial charge in [-0.15, -0.1) is 0 Å². The molecule has 1 aromatic heterocycles. The van der Waals surface area contributed by atoms with E-state index in [1.807, 2.05) is 13.8 Å². The second kappa shape index (κ2) is 18.2. The van der Waals surface area contributed by atoms with E-state index in [1.165, 1.54) is 18.3 Å². The average molecular weight is 679 g/mol. The molecule has 3 aliphatic heterocycles. The van der Waals surface area contributed by atoms with Crippen LogP contribution in [0.5, 0.6) is 0 Å². The Bertz CT molecular complexity index is 1380. The van der Waals surface area contributed by atoms with Crippen LogP contribution in [0.4, 0.5) is 19.0 Å². The Balaban J connectivity index is 0.000000245. The van der Waals surface area contributed by atoms with E-state index in [4.69, 9.17) is 11.6 Å². The first-order valence-electron chi connectivity index (χ1n) is 15.8. The molecule has 2 aromatic rings. The third kappa shape index (κ3) is 10.8. The van der Waals surface area contributed by atoms with Crippen LogP contribution in [-0.4, -0.2) is 87.8 Å². The number of halogens is 4. The second-order valence-electron chi connectivity index (χ2n) is 11.7. The number of methoxy groups -OCH3 is 1. The summed E-state index contributed by atoms with van der Waals surface area (Å²) in [6.07, 6.45) is 1.70. The summed E-state index contributed by atoms with van der Waals surface area (Å²) < 4.78 is 44.0. The summed E-state index contributed by atoms with van der Waals surface area (Å²) in [5, 5.41) is 7.20. The van der Waals surface area contributed by atoms with Crippen LogP contribution < -0.4 is 15.5 Å². The lowest BCUT2D eigenvalue weighted by Crippen LogP contribution is -2.34. The van der Waals surface area contributed by atoms with Crippen LogP contribution in [-0.2, 0) is 15.7 Å². The molecule has 0 saturated carbocycles. The molecule has 47 heavy (non-hydrogen) atoms. The Hall–Kier alpha value is -3.48. The number of piperidine rings is 1. The molecule has 5 rings (SSSR count). The zero-order valence-corrected chi connectivity index (χ0v) is 28.5. The molecule has 0 radical (unpaired) electrons. The quantitative estimate of drug-likeness (QED) is 0.211. The lowest BCUT2D eigenvalue weighted by Gasteiger charge is -2.31. The van der Waals surface area contributed by atoms with Crippen molar-refractivity contribution in [2.45, 2.75) is 52.3 Å². The molecule has 4 heterocycles. The maximum Gasteiger partial charge on any atom is 0.416 e. The average Bonchev–Trinajstić information content (AvgIpc) is 3.70. The van der Waals surface area contributed by atoms with Gasteiger partial charge in [-0.3, -0.25) is 9.79 Å². The number of anilines is 1. The lowest BCUT2D eigenvalue weighted by atomic mass is 9.99. The molecule has 2 atom stereocenters. The van der Waals surface area contributed by atoms with E-state index in [1.54, 1.807) is 33.2 Å². The largest absolute Gasteiger partial charge is 0.416 e. The molecule has 0 aliphatic carbocycles. The number of aromatic nitrogens is 1. The molecule has 3 fully saturated rings. The van der Waals surface area contributed by atoms with Crippen LogP contribution in [0.2, 0.25) is 5.02 Å². The lowest BCUT2D eigenvalue weighted by molar-refractivity contribution is -0.137. The van der Waals surface area contributed by atoms with E-state index in [2.05, 4.69) is 35.1 Å². The van der Waals surface area contributed by atoms with Crippen LogP contribution in [0.15, 0.2) is 47.2 Å². The SMILES string of the molecule is CCOC.CN=C(C)N/C(=C(\C)N1CC2CCNC2C1)c1cccc(C(F)(F)F)c1.O=Cc1cnc(N2CCC(C=O)CC2)c(Cl)c1. The van der Waals surface area contributed by atoms with Gasteiger partial charge < -0.3 is 30.0 Å². The summed E-state index contributed by atoms with van der Waals surface area (Å²) in [6, 6.07) is 7.53. The molecule has 258 valence electrons. The zero-order valence-electron chi connectivity index (χ0n) is 27.7. The van der Waals surface area contributed by atoms with Gasteiger partial charge in [0.2, 0.25) is 0 Å². The normalized spacial score (nSPS) is 20.3. The van der Waals surface area contributed by atoms with Gasteiger partial charge in [-0.25, -0.2) is 4.98 Å². The fraction of sp³-hybridized carbons (Fsp3) is 0.529. The Morgan fingerprint density at radius 2 is 1.87 bits per heavy atom. The molecule has 0 amide bonds. The third-order valence-corrected chi connectivity index (χ3v) is 8.90. The van der Waals surface area contributed by atoms with Crippen molar-refractivity contribution in [3.05, 3.63) is 63.9 Å². The first-order valence-corrected chi connectivity index (χ1v) is 16.2. The summed E-state index contributed by atoms with van der Waals surface area (Å²) in [4.78, 5) is 33.8. The van der Waals surface area contributed by atoms with Gasteiger partial charge in [0.05, 0.1) is 22.1 Å².